The summed E-state index contributed by atoms with van der Waals surface area (Å²) in [5.74, 6) is -0.500. The Bertz CT molecular complexity index is 4510. The Hall–Kier alpha value is -10.8. The second kappa shape index (κ2) is 20.7. The molecule has 2 unspecified atom stereocenters. The van der Waals surface area contributed by atoms with Gasteiger partial charge in [-0.1, -0.05) is 197 Å². The van der Waals surface area contributed by atoms with Crippen LogP contribution in [0, 0.1) is 23.3 Å². The van der Waals surface area contributed by atoms with Crippen LogP contribution >= 0.6 is 0 Å². The molecule has 3 aliphatic carbocycles. The number of fused-ring (bicyclic) bond motifs is 9. The first-order valence-corrected chi connectivity index (χ1v) is 29.4. The van der Waals surface area contributed by atoms with E-state index in [9.17, 15) is 0 Å². The van der Waals surface area contributed by atoms with Gasteiger partial charge in [-0.05, 0) is 192 Å². The summed E-state index contributed by atoms with van der Waals surface area (Å²) in [4.78, 5) is 2.22. The molecule has 7 heteroatoms. The minimum atomic E-state index is -1.55. The maximum atomic E-state index is 17.5. The van der Waals surface area contributed by atoms with Crippen LogP contribution in [0.5, 0.6) is 23.0 Å². The van der Waals surface area contributed by atoms with Gasteiger partial charge in [0.05, 0.1) is 16.5 Å². The van der Waals surface area contributed by atoms with Crippen molar-refractivity contribution in [2.24, 2.45) is 0 Å². The molecule has 0 N–H and O–H groups in total. The van der Waals surface area contributed by atoms with Crippen molar-refractivity contribution in [3.63, 3.8) is 0 Å². The number of nitrogens with zero attached hydrogens (tertiary/aromatic N) is 1. The van der Waals surface area contributed by atoms with E-state index >= 15 is 17.6 Å². The fourth-order valence-electron chi connectivity index (χ4n) is 14.6. The van der Waals surface area contributed by atoms with Crippen molar-refractivity contribution >= 4 is 29.2 Å². The average Bonchev–Trinajstić information content (AvgIpc) is 1.55. The Morgan fingerprint density at radius 3 is 1.08 bits per heavy atom. The highest BCUT2D eigenvalue weighted by atomic mass is 19.1. The van der Waals surface area contributed by atoms with E-state index in [1.54, 1.807) is 12.2 Å². The van der Waals surface area contributed by atoms with Gasteiger partial charge in [0, 0.05) is 27.9 Å². The van der Waals surface area contributed by atoms with Crippen LogP contribution in [0.3, 0.4) is 0 Å². The molecule has 12 aromatic rings. The Balaban J connectivity index is 0.985. The first-order valence-electron chi connectivity index (χ1n) is 29.4. The molecule has 3 nitrogen and oxygen atoms in total. The van der Waals surface area contributed by atoms with Crippen LogP contribution in [-0.2, 0) is 16.2 Å². The summed E-state index contributed by atoms with van der Waals surface area (Å²) < 4.78 is 82.6. The van der Waals surface area contributed by atoms with Gasteiger partial charge < -0.3 is 14.4 Å². The third-order valence-corrected chi connectivity index (χ3v) is 18.3. The molecule has 0 aromatic heterocycles. The summed E-state index contributed by atoms with van der Waals surface area (Å²) in [7, 11) is 0. The molecule has 424 valence electrons. The first kappa shape index (κ1) is 53.9. The van der Waals surface area contributed by atoms with E-state index < -0.39 is 39.5 Å². The summed E-state index contributed by atoms with van der Waals surface area (Å²) in [5, 5.41) is 0. The van der Waals surface area contributed by atoms with Crippen molar-refractivity contribution in [1.82, 2.24) is 0 Å². The molecule has 0 saturated heterocycles. The zero-order valence-electron chi connectivity index (χ0n) is 48.2. The number of hydrogen-bond acceptors (Lipinski definition) is 3. The summed E-state index contributed by atoms with van der Waals surface area (Å²) in [6.45, 7) is 12.2. The van der Waals surface area contributed by atoms with Crippen molar-refractivity contribution < 1.29 is 27.0 Å². The quantitative estimate of drug-likeness (QED) is 0.107. The molecule has 3 aliphatic rings. The predicted molar refractivity (Wildman–Crippen MR) is 346 cm³/mol. The van der Waals surface area contributed by atoms with Crippen LogP contribution in [0.4, 0.5) is 34.6 Å². The maximum absolute atomic E-state index is 17.5. The number of ether oxygens (including phenoxy) is 2. The van der Waals surface area contributed by atoms with E-state index in [0.29, 0.717) is 67.8 Å². The number of halogens is 4. The molecule has 0 amide bonds. The van der Waals surface area contributed by atoms with E-state index in [4.69, 9.17) is 9.47 Å². The number of hydrogen-bond donors (Lipinski definition) is 0. The van der Waals surface area contributed by atoms with Crippen LogP contribution in [0.15, 0.2) is 274 Å². The molecule has 0 bridgehead atoms. The summed E-state index contributed by atoms with van der Waals surface area (Å²) in [5.41, 5.74) is 11.8. The van der Waals surface area contributed by atoms with Crippen molar-refractivity contribution in [2.75, 3.05) is 4.90 Å². The molecular formula is C81H55F4NO2. The Morgan fingerprint density at radius 2 is 0.670 bits per heavy atom. The van der Waals surface area contributed by atoms with Gasteiger partial charge in [0.1, 0.15) is 46.3 Å². The summed E-state index contributed by atoms with van der Waals surface area (Å²) in [6.07, 6.45) is 3.54. The van der Waals surface area contributed by atoms with Gasteiger partial charge in [-0.15, -0.1) is 0 Å². The van der Waals surface area contributed by atoms with Crippen molar-refractivity contribution in [3.8, 4) is 56.4 Å². The van der Waals surface area contributed by atoms with E-state index in [-0.39, 0.29) is 11.1 Å². The van der Waals surface area contributed by atoms with Crippen LogP contribution in [0.1, 0.15) is 80.6 Å². The van der Waals surface area contributed by atoms with E-state index in [1.807, 2.05) is 146 Å². The fraction of sp³-hybridized carbons (Fsp3) is 0.0617. The molecule has 0 fully saturated rings. The maximum Gasteiger partial charge on any atom is 0.130 e. The minimum Gasteiger partial charge on any atom is -0.457 e. The number of anilines is 3. The first-order chi connectivity index (χ1) is 42.9. The monoisotopic (exact) mass is 1150 g/mol. The number of rotatable bonds is 13. The van der Waals surface area contributed by atoms with Crippen LogP contribution in [0.25, 0.3) is 45.5 Å². The SMILES string of the molecule is C=Cc1ccc(Oc2ccc(C3(c4c(F)cccc4F)c4ccccc4-c4ccc(N(c5ccc6c(c5)C(c5ccc(Oc7ccc(C=C)cc7)cc5)(c5c(F)cccc5F)c5ccccc5-6)c5cccc6c5C(C)(C)c5ccccc5-6)cc43)cc2)cc1. The van der Waals surface area contributed by atoms with E-state index in [1.165, 1.54) is 36.4 Å². The van der Waals surface area contributed by atoms with Gasteiger partial charge in [0.2, 0.25) is 0 Å². The topological polar surface area (TPSA) is 21.7 Å². The minimum absolute atomic E-state index is 0.121. The third kappa shape index (κ3) is 8.10. The van der Waals surface area contributed by atoms with Gasteiger partial charge in [0.15, 0.2) is 0 Å². The molecular weight excluding hydrogens is 1090 g/mol. The lowest BCUT2D eigenvalue weighted by Crippen LogP contribution is -2.32. The standard InChI is InChI=1S/C81H55F4NO2/c1-5-50-28-38-56(39-29-50)87-58-42-32-52(33-43-58)80(77-71(82)23-14-24-72(77)83)67-21-11-8-16-60(67)63-46-36-54(48-69(63)80)86(75-27-13-19-65-62-18-7-10-20-66(62)79(3,4)76(65)75)55-37-47-64-61-17-9-12-22-68(61)81(70(64)49-55,78-73(84)25-15-26-74(78)85)53-34-44-59(45-35-53)88-57-40-30-51(6-2)31-41-57/h5-49H,1-2H2,3-4H3. The molecule has 0 heterocycles. The number of benzene rings is 12. The highest BCUT2D eigenvalue weighted by Gasteiger charge is 2.52. The molecule has 88 heavy (non-hydrogen) atoms. The van der Waals surface area contributed by atoms with E-state index in [2.05, 4.69) is 111 Å². The zero-order valence-corrected chi connectivity index (χ0v) is 48.2. The van der Waals surface area contributed by atoms with Crippen LogP contribution in [0.2, 0.25) is 0 Å². The highest BCUT2D eigenvalue weighted by Crippen LogP contribution is 2.62. The molecule has 2 atom stereocenters. The van der Waals surface area contributed by atoms with Gasteiger partial charge in [-0.2, -0.15) is 0 Å². The normalized spacial score (nSPS) is 16.1. The van der Waals surface area contributed by atoms with Crippen molar-refractivity contribution in [3.05, 3.63) is 364 Å². The molecule has 0 saturated carbocycles. The molecule has 12 aromatic carbocycles. The Kier molecular flexibility index (Phi) is 12.7. The fourth-order valence-corrected chi connectivity index (χ4v) is 14.6. The molecule has 0 aliphatic heterocycles. The van der Waals surface area contributed by atoms with Gasteiger partial charge in [-0.3, -0.25) is 0 Å². The molecule has 0 spiro atoms. The Morgan fingerprint density at radius 1 is 0.330 bits per heavy atom. The zero-order chi connectivity index (χ0) is 60.1. The van der Waals surface area contributed by atoms with Crippen molar-refractivity contribution in [1.29, 1.82) is 0 Å². The lowest BCUT2D eigenvalue weighted by atomic mass is 9.67. The largest absolute Gasteiger partial charge is 0.457 e. The van der Waals surface area contributed by atoms with Gasteiger partial charge in [0.25, 0.3) is 0 Å². The predicted octanol–water partition coefficient (Wildman–Crippen LogP) is 21.6. The lowest BCUT2D eigenvalue weighted by Gasteiger charge is -2.37. The summed E-state index contributed by atoms with van der Waals surface area (Å²) in [6, 6.07) is 81.2. The smallest absolute Gasteiger partial charge is 0.130 e. The second-order valence-corrected chi connectivity index (χ2v) is 23.2. The summed E-state index contributed by atoms with van der Waals surface area (Å²) >= 11 is 0. The Labute approximate surface area is 509 Å². The second-order valence-electron chi connectivity index (χ2n) is 23.2. The van der Waals surface area contributed by atoms with Gasteiger partial charge in [-0.25, -0.2) is 17.6 Å². The molecule has 0 radical (unpaired) electrons. The average molecular weight is 1150 g/mol. The third-order valence-electron chi connectivity index (χ3n) is 18.3. The van der Waals surface area contributed by atoms with E-state index in [0.717, 1.165) is 61.3 Å². The molecule has 15 rings (SSSR count). The van der Waals surface area contributed by atoms with Gasteiger partial charge >= 0.3 is 0 Å². The lowest BCUT2D eigenvalue weighted by molar-refractivity contribution is 0.481. The van der Waals surface area contributed by atoms with Crippen LogP contribution in [-0.4, -0.2) is 0 Å². The highest BCUT2D eigenvalue weighted by molar-refractivity contribution is 5.95. The van der Waals surface area contributed by atoms with Crippen LogP contribution < -0.4 is 14.4 Å². The van der Waals surface area contributed by atoms with Crippen molar-refractivity contribution in [2.45, 2.75) is 30.1 Å².